The van der Waals surface area contributed by atoms with E-state index < -0.39 is 0 Å². The molecule has 0 aliphatic carbocycles. The first-order valence-electron chi connectivity index (χ1n) is 6.86. The molecule has 0 saturated carbocycles. The minimum atomic E-state index is -0.0302. The number of anilines is 1. The molecule has 0 bridgehead atoms. The van der Waals surface area contributed by atoms with Crippen LogP contribution in [0.3, 0.4) is 0 Å². The SMILES string of the molecule is CC1CN(CC(=O)Nc2ccc(C#N)cc2)CCC1N. The lowest BCUT2D eigenvalue weighted by atomic mass is 9.95. The van der Waals surface area contributed by atoms with Gasteiger partial charge in [-0.05, 0) is 36.6 Å². The molecule has 1 amide bonds. The summed E-state index contributed by atoms with van der Waals surface area (Å²) in [6, 6.07) is 9.16. The van der Waals surface area contributed by atoms with Crippen LogP contribution in [0.5, 0.6) is 0 Å². The summed E-state index contributed by atoms with van der Waals surface area (Å²) in [5, 5.41) is 11.6. The molecule has 5 heteroatoms. The van der Waals surface area contributed by atoms with E-state index in [0.29, 0.717) is 18.0 Å². The Balaban J connectivity index is 1.84. The molecule has 2 unspecified atom stereocenters. The van der Waals surface area contributed by atoms with Crippen LogP contribution < -0.4 is 11.1 Å². The number of hydrogen-bond acceptors (Lipinski definition) is 4. The predicted molar refractivity (Wildman–Crippen MR) is 78.0 cm³/mol. The summed E-state index contributed by atoms with van der Waals surface area (Å²) in [6.07, 6.45) is 0.936. The van der Waals surface area contributed by atoms with Gasteiger partial charge in [-0.25, -0.2) is 0 Å². The molecule has 1 aromatic rings. The lowest BCUT2D eigenvalue weighted by Gasteiger charge is -2.34. The van der Waals surface area contributed by atoms with Crippen molar-refractivity contribution in [3.05, 3.63) is 29.8 Å². The first kappa shape index (κ1) is 14.5. The summed E-state index contributed by atoms with van der Waals surface area (Å²) in [5.74, 6) is 0.392. The lowest BCUT2D eigenvalue weighted by molar-refractivity contribution is -0.117. The van der Waals surface area contributed by atoms with Crippen molar-refractivity contribution >= 4 is 11.6 Å². The minimum absolute atomic E-state index is 0.0302. The highest BCUT2D eigenvalue weighted by atomic mass is 16.2. The third-order valence-electron chi connectivity index (χ3n) is 3.72. The Morgan fingerprint density at radius 2 is 2.20 bits per heavy atom. The standard InChI is InChI=1S/C15H20N4O/c1-11-9-19(7-6-14(11)17)10-15(20)18-13-4-2-12(8-16)3-5-13/h2-5,11,14H,6-7,9-10,17H2,1H3,(H,18,20). The van der Waals surface area contributed by atoms with E-state index in [-0.39, 0.29) is 11.9 Å². The molecule has 1 aliphatic heterocycles. The Bertz CT molecular complexity index is 506. The molecule has 5 nitrogen and oxygen atoms in total. The molecule has 0 aromatic heterocycles. The average molecular weight is 272 g/mol. The third-order valence-corrected chi connectivity index (χ3v) is 3.72. The van der Waals surface area contributed by atoms with Gasteiger partial charge in [-0.1, -0.05) is 6.92 Å². The van der Waals surface area contributed by atoms with Gasteiger partial charge >= 0.3 is 0 Å². The molecule has 20 heavy (non-hydrogen) atoms. The molecule has 1 saturated heterocycles. The highest BCUT2D eigenvalue weighted by Crippen LogP contribution is 2.15. The van der Waals surface area contributed by atoms with Crippen LogP contribution in [-0.4, -0.2) is 36.5 Å². The Morgan fingerprint density at radius 3 is 2.80 bits per heavy atom. The number of benzene rings is 1. The number of carbonyl (C=O) groups excluding carboxylic acids is 1. The maximum atomic E-state index is 12.0. The first-order chi connectivity index (χ1) is 9.58. The molecule has 1 aromatic carbocycles. The number of rotatable bonds is 3. The number of nitrogens with zero attached hydrogens (tertiary/aromatic N) is 2. The summed E-state index contributed by atoms with van der Waals surface area (Å²) < 4.78 is 0. The molecule has 2 rings (SSSR count). The fourth-order valence-corrected chi connectivity index (χ4v) is 2.43. The number of nitriles is 1. The maximum Gasteiger partial charge on any atom is 0.238 e. The van der Waals surface area contributed by atoms with Crippen molar-refractivity contribution in [3.63, 3.8) is 0 Å². The smallest absolute Gasteiger partial charge is 0.238 e. The second kappa shape index (κ2) is 6.51. The molecule has 0 spiro atoms. The van der Waals surface area contributed by atoms with E-state index in [1.165, 1.54) is 0 Å². The molecule has 3 N–H and O–H groups in total. The molecule has 2 atom stereocenters. The molecule has 1 fully saturated rings. The van der Waals surface area contributed by atoms with E-state index in [4.69, 9.17) is 11.0 Å². The highest BCUT2D eigenvalue weighted by Gasteiger charge is 2.24. The van der Waals surface area contributed by atoms with E-state index in [1.54, 1.807) is 24.3 Å². The van der Waals surface area contributed by atoms with Crippen LogP contribution in [0, 0.1) is 17.2 Å². The summed E-state index contributed by atoms with van der Waals surface area (Å²) >= 11 is 0. The van der Waals surface area contributed by atoms with E-state index >= 15 is 0 Å². The van der Waals surface area contributed by atoms with Gasteiger partial charge in [0, 0.05) is 24.8 Å². The van der Waals surface area contributed by atoms with Crippen LogP contribution in [0.25, 0.3) is 0 Å². The molecule has 1 aliphatic rings. The van der Waals surface area contributed by atoms with Crippen LogP contribution in [0.2, 0.25) is 0 Å². The van der Waals surface area contributed by atoms with Gasteiger partial charge < -0.3 is 11.1 Å². The zero-order valence-corrected chi connectivity index (χ0v) is 11.7. The fourth-order valence-electron chi connectivity index (χ4n) is 2.43. The number of amides is 1. The molecule has 106 valence electrons. The number of nitrogens with one attached hydrogen (secondary N) is 1. The van der Waals surface area contributed by atoms with Crippen molar-refractivity contribution in [2.24, 2.45) is 11.7 Å². The molecule has 0 radical (unpaired) electrons. The Hall–Kier alpha value is -1.90. The van der Waals surface area contributed by atoms with Crippen LogP contribution in [-0.2, 0) is 4.79 Å². The lowest BCUT2D eigenvalue weighted by Crippen LogP contribution is -2.48. The van der Waals surface area contributed by atoms with Crippen LogP contribution >= 0.6 is 0 Å². The Morgan fingerprint density at radius 1 is 1.50 bits per heavy atom. The van der Waals surface area contributed by atoms with E-state index in [1.807, 2.05) is 6.07 Å². The van der Waals surface area contributed by atoms with Gasteiger partial charge in [0.1, 0.15) is 0 Å². The Kier molecular flexibility index (Phi) is 4.72. The van der Waals surface area contributed by atoms with Crippen LogP contribution in [0.4, 0.5) is 5.69 Å². The second-order valence-corrected chi connectivity index (χ2v) is 5.40. The maximum absolute atomic E-state index is 12.0. The summed E-state index contributed by atoms with van der Waals surface area (Å²) in [5.41, 5.74) is 7.27. The zero-order valence-electron chi connectivity index (χ0n) is 11.7. The third kappa shape index (κ3) is 3.80. The summed E-state index contributed by atoms with van der Waals surface area (Å²) in [7, 11) is 0. The van der Waals surface area contributed by atoms with E-state index in [2.05, 4.69) is 17.1 Å². The largest absolute Gasteiger partial charge is 0.327 e. The normalized spacial score (nSPS) is 23.1. The van der Waals surface area contributed by atoms with Crippen molar-refractivity contribution in [1.82, 2.24) is 4.90 Å². The quantitative estimate of drug-likeness (QED) is 0.865. The van der Waals surface area contributed by atoms with Gasteiger partial charge in [0.2, 0.25) is 5.91 Å². The van der Waals surface area contributed by atoms with Gasteiger partial charge in [-0.15, -0.1) is 0 Å². The minimum Gasteiger partial charge on any atom is -0.327 e. The topological polar surface area (TPSA) is 82.2 Å². The van der Waals surface area contributed by atoms with Crippen molar-refractivity contribution in [2.45, 2.75) is 19.4 Å². The van der Waals surface area contributed by atoms with Gasteiger partial charge in [-0.3, -0.25) is 9.69 Å². The number of nitrogens with two attached hydrogens (primary N) is 1. The predicted octanol–water partition coefficient (Wildman–Crippen LogP) is 1.17. The van der Waals surface area contributed by atoms with E-state index in [9.17, 15) is 4.79 Å². The number of carbonyl (C=O) groups is 1. The van der Waals surface area contributed by atoms with Gasteiger partial charge in [0.15, 0.2) is 0 Å². The van der Waals surface area contributed by atoms with Crippen LogP contribution in [0.1, 0.15) is 18.9 Å². The Labute approximate surface area is 119 Å². The summed E-state index contributed by atoms with van der Waals surface area (Å²) in [4.78, 5) is 14.1. The van der Waals surface area contributed by atoms with Crippen molar-refractivity contribution in [1.29, 1.82) is 5.26 Å². The fraction of sp³-hybridized carbons (Fsp3) is 0.467. The molecular formula is C15H20N4O. The van der Waals surface area contributed by atoms with Crippen molar-refractivity contribution in [2.75, 3.05) is 25.0 Å². The van der Waals surface area contributed by atoms with Gasteiger partial charge in [0.05, 0.1) is 18.2 Å². The molecule has 1 heterocycles. The monoisotopic (exact) mass is 272 g/mol. The first-order valence-corrected chi connectivity index (χ1v) is 6.86. The number of piperidine rings is 1. The van der Waals surface area contributed by atoms with Crippen molar-refractivity contribution in [3.8, 4) is 6.07 Å². The highest BCUT2D eigenvalue weighted by molar-refractivity contribution is 5.92. The van der Waals surface area contributed by atoms with E-state index in [0.717, 1.165) is 25.2 Å². The van der Waals surface area contributed by atoms with Crippen molar-refractivity contribution < 1.29 is 4.79 Å². The number of hydrogen-bond donors (Lipinski definition) is 2. The second-order valence-electron chi connectivity index (χ2n) is 5.40. The summed E-state index contributed by atoms with van der Waals surface area (Å²) in [6.45, 7) is 4.24. The average Bonchev–Trinajstić information content (AvgIpc) is 2.44. The molecular weight excluding hydrogens is 252 g/mol. The van der Waals surface area contributed by atoms with Gasteiger partial charge in [-0.2, -0.15) is 5.26 Å². The zero-order chi connectivity index (χ0) is 14.5. The van der Waals surface area contributed by atoms with Gasteiger partial charge in [0.25, 0.3) is 0 Å². The number of likely N-dealkylation sites (tertiary alicyclic amines) is 1. The van der Waals surface area contributed by atoms with Crippen LogP contribution in [0.15, 0.2) is 24.3 Å².